The van der Waals surface area contributed by atoms with Crippen LogP contribution in [0.5, 0.6) is 11.5 Å². The van der Waals surface area contributed by atoms with Crippen LogP contribution in [0.1, 0.15) is 23.1 Å². The Morgan fingerprint density at radius 3 is 2.43 bits per heavy atom. The number of carbonyl (C=O) groups excluding carboxylic acids is 2. The van der Waals surface area contributed by atoms with E-state index in [-0.39, 0.29) is 29.8 Å². The van der Waals surface area contributed by atoms with Gasteiger partial charge in [-0.15, -0.1) is 10.2 Å². The van der Waals surface area contributed by atoms with Gasteiger partial charge in [-0.2, -0.15) is 0 Å². The van der Waals surface area contributed by atoms with E-state index in [2.05, 4.69) is 20.8 Å². The number of hydrogen-bond donors (Lipinski definition) is 2. The Labute approximate surface area is 205 Å². The minimum absolute atomic E-state index is 0.0563. The summed E-state index contributed by atoms with van der Waals surface area (Å²) in [6.45, 7) is 2.59. The maximum atomic E-state index is 12.6. The molecule has 35 heavy (non-hydrogen) atoms. The summed E-state index contributed by atoms with van der Waals surface area (Å²) in [6, 6.07) is 10.4. The highest BCUT2D eigenvalue weighted by Crippen LogP contribution is 2.27. The van der Waals surface area contributed by atoms with Crippen molar-refractivity contribution in [1.82, 2.24) is 20.1 Å². The second-order valence-electron chi connectivity index (χ2n) is 7.04. The molecular weight excluding hydrogens is 476 g/mol. The molecule has 1 heterocycles. The lowest BCUT2D eigenvalue weighted by molar-refractivity contribution is -0.384. The van der Waals surface area contributed by atoms with Gasteiger partial charge in [0.1, 0.15) is 0 Å². The van der Waals surface area contributed by atoms with E-state index in [0.717, 1.165) is 0 Å². The van der Waals surface area contributed by atoms with Crippen molar-refractivity contribution in [3.63, 3.8) is 0 Å². The fraction of sp³-hybridized carbons (Fsp3) is 0.273. The van der Waals surface area contributed by atoms with Crippen LogP contribution in [-0.2, 0) is 17.9 Å². The minimum atomic E-state index is -0.507. The zero-order valence-electron chi connectivity index (χ0n) is 19.3. The molecular formula is C22H24N6O6S. The molecule has 2 N–H and O–H groups in total. The third-order valence-electron chi connectivity index (χ3n) is 4.86. The molecule has 2 aromatic carbocycles. The molecule has 184 valence electrons. The molecule has 3 aromatic rings. The third-order valence-corrected chi connectivity index (χ3v) is 5.82. The van der Waals surface area contributed by atoms with Crippen LogP contribution in [0.2, 0.25) is 0 Å². The minimum Gasteiger partial charge on any atom is -0.493 e. The zero-order chi connectivity index (χ0) is 25.4. The number of anilines is 1. The van der Waals surface area contributed by atoms with E-state index in [1.54, 1.807) is 22.8 Å². The third kappa shape index (κ3) is 6.47. The van der Waals surface area contributed by atoms with Gasteiger partial charge < -0.3 is 24.7 Å². The molecule has 0 fully saturated rings. The monoisotopic (exact) mass is 500 g/mol. The summed E-state index contributed by atoms with van der Waals surface area (Å²) in [7, 11) is 3.01. The predicted octanol–water partition coefficient (Wildman–Crippen LogP) is 2.88. The fourth-order valence-electron chi connectivity index (χ4n) is 3.11. The van der Waals surface area contributed by atoms with E-state index in [9.17, 15) is 19.7 Å². The first-order chi connectivity index (χ1) is 16.9. The highest BCUT2D eigenvalue weighted by atomic mass is 32.2. The first-order valence-electron chi connectivity index (χ1n) is 10.5. The van der Waals surface area contributed by atoms with Crippen molar-refractivity contribution in [3.8, 4) is 11.5 Å². The number of amides is 2. The van der Waals surface area contributed by atoms with Crippen molar-refractivity contribution in [1.29, 1.82) is 0 Å². The zero-order valence-corrected chi connectivity index (χ0v) is 20.1. The van der Waals surface area contributed by atoms with Crippen molar-refractivity contribution in [2.45, 2.75) is 25.2 Å². The summed E-state index contributed by atoms with van der Waals surface area (Å²) in [6.07, 6.45) is 0. The molecule has 0 radical (unpaired) electrons. The highest BCUT2D eigenvalue weighted by molar-refractivity contribution is 7.99. The molecule has 0 unspecified atom stereocenters. The number of benzene rings is 2. The van der Waals surface area contributed by atoms with Crippen LogP contribution in [0.25, 0.3) is 0 Å². The summed E-state index contributed by atoms with van der Waals surface area (Å²) >= 11 is 1.19. The van der Waals surface area contributed by atoms with Gasteiger partial charge >= 0.3 is 0 Å². The Bertz CT molecular complexity index is 1210. The summed E-state index contributed by atoms with van der Waals surface area (Å²) in [4.78, 5) is 35.1. The number of nitrogens with one attached hydrogen (secondary N) is 2. The number of hydrogen-bond acceptors (Lipinski definition) is 9. The number of nitro groups is 1. The van der Waals surface area contributed by atoms with Gasteiger partial charge in [-0.05, 0) is 37.3 Å². The average Bonchev–Trinajstić information content (AvgIpc) is 3.27. The number of non-ortho nitro benzene ring substituents is 1. The van der Waals surface area contributed by atoms with Gasteiger partial charge in [0.05, 0.1) is 31.4 Å². The van der Waals surface area contributed by atoms with Gasteiger partial charge in [0.15, 0.2) is 22.5 Å². The molecule has 0 bridgehead atoms. The van der Waals surface area contributed by atoms with Gasteiger partial charge in [0.25, 0.3) is 11.6 Å². The van der Waals surface area contributed by atoms with Gasteiger partial charge in [-0.1, -0.05) is 11.8 Å². The number of nitrogens with zero attached hydrogens (tertiary/aromatic N) is 4. The number of thioether (sulfide) groups is 1. The van der Waals surface area contributed by atoms with Crippen molar-refractivity contribution < 1.29 is 24.0 Å². The number of ether oxygens (including phenoxy) is 2. The van der Waals surface area contributed by atoms with Gasteiger partial charge in [0.2, 0.25) is 5.91 Å². The second-order valence-corrected chi connectivity index (χ2v) is 7.98. The summed E-state index contributed by atoms with van der Waals surface area (Å²) in [5, 5.41) is 25.0. The van der Waals surface area contributed by atoms with Crippen LogP contribution < -0.4 is 20.1 Å². The van der Waals surface area contributed by atoms with Crippen LogP contribution in [-0.4, -0.2) is 51.5 Å². The van der Waals surface area contributed by atoms with E-state index >= 15 is 0 Å². The summed E-state index contributed by atoms with van der Waals surface area (Å²) < 4.78 is 12.2. The molecule has 0 saturated carbocycles. The van der Waals surface area contributed by atoms with Crippen LogP contribution >= 0.6 is 11.8 Å². The molecule has 3 rings (SSSR count). The molecule has 0 aliphatic rings. The molecule has 0 spiro atoms. The summed E-state index contributed by atoms with van der Waals surface area (Å²) in [5.41, 5.74) is 0.804. The molecule has 1 aromatic heterocycles. The average molecular weight is 501 g/mol. The molecule has 13 heteroatoms. The van der Waals surface area contributed by atoms with Crippen LogP contribution in [0, 0.1) is 10.1 Å². The normalized spacial score (nSPS) is 10.5. The molecule has 12 nitrogen and oxygen atoms in total. The lowest BCUT2D eigenvalue weighted by atomic mass is 10.2. The van der Waals surface area contributed by atoms with Crippen molar-refractivity contribution in [3.05, 3.63) is 64.0 Å². The maximum absolute atomic E-state index is 12.6. The standard InChI is InChI=1S/C22H24N6O6S/c1-4-27-19(12-23-21(30)14-5-10-17(33-2)18(11-14)34-3)25-26-22(27)35-13-20(29)24-15-6-8-16(9-7-15)28(31)32/h5-11H,4,12-13H2,1-3H3,(H,23,30)(H,24,29). The molecule has 0 saturated heterocycles. The predicted molar refractivity (Wildman–Crippen MR) is 129 cm³/mol. The Hall–Kier alpha value is -4.13. The van der Waals surface area contributed by atoms with Crippen molar-refractivity contribution in [2.75, 3.05) is 25.3 Å². The number of nitro benzene ring substituents is 1. The van der Waals surface area contributed by atoms with Crippen LogP contribution in [0.15, 0.2) is 47.6 Å². The maximum Gasteiger partial charge on any atom is 0.269 e. The highest BCUT2D eigenvalue weighted by Gasteiger charge is 2.16. The smallest absolute Gasteiger partial charge is 0.269 e. The Morgan fingerprint density at radius 1 is 1.09 bits per heavy atom. The largest absolute Gasteiger partial charge is 0.493 e. The molecule has 0 aliphatic heterocycles. The lowest BCUT2D eigenvalue weighted by Crippen LogP contribution is -2.25. The Kier molecular flexibility index (Phi) is 8.62. The molecule has 0 aliphatic carbocycles. The van der Waals surface area contributed by atoms with E-state index < -0.39 is 4.92 Å². The van der Waals surface area contributed by atoms with Crippen molar-refractivity contribution >= 4 is 35.0 Å². The van der Waals surface area contributed by atoms with E-state index in [4.69, 9.17) is 9.47 Å². The number of aromatic nitrogens is 3. The number of methoxy groups -OCH3 is 2. The van der Waals surface area contributed by atoms with Crippen LogP contribution in [0.3, 0.4) is 0 Å². The van der Waals surface area contributed by atoms with E-state index in [0.29, 0.717) is 40.3 Å². The van der Waals surface area contributed by atoms with Gasteiger partial charge in [0, 0.05) is 29.9 Å². The van der Waals surface area contributed by atoms with E-state index in [1.807, 2.05) is 6.92 Å². The first-order valence-corrected chi connectivity index (χ1v) is 11.4. The van der Waals surface area contributed by atoms with E-state index in [1.165, 1.54) is 50.2 Å². The van der Waals surface area contributed by atoms with Gasteiger partial charge in [-0.3, -0.25) is 19.7 Å². The van der Waals surface area contributed by atoms with Crippen molar-refractivity contribution in [2.24, 2.45) is 0 Å². The second kappa shape index (κ2) is 11.8. The van der Waals surface area contributed by atoms with Gasteiger partial charge in [-0.25, -0.2) is 0 Å². The fourth-order valence-corrected chi connectivity index (χ4v) is 3.93. The lowest BCUT2D eigenvalue weighted by Gasteiger charge is -2.11. The van der Waals surface area contributed by atoms with Crippen LogP contribution in [0.4, 0.5) is 11.4 Å². The number of carbonyl (C=O) groups is 2. The topological polar surface area (TPSA) is 151 Å². The summed E-state index contributed by atoms with van der Waals surface area (Å²) in [5.74, 6) is 0.968. The Balaban J connectivity index is 1.57. The quantitative estimate of drug-likeness (QED) is 0.230. The Morgan fingerprint density at radius 2 is 1.80 bits per heavy atom. The molecule has 2 amide bonds. The SMILES string of the molecule is CCn1c(CNC(=O)c2ccc(OC)c(OC)c2)nnc1SCC(=O)Nc1ccc([N+](=O)[O-])cc1. The first kappa shape index (κ1) is 25.5. The number of rotatable bonds is 11. The molecule has 0 atom stereocenters.